The molecule has 1 unspecified atom stereocenters. The second-order valence-corrected chi connectivity index (χ2v) is 8.05. The van der Waals surface area contributed by atoms with Crippen molar-refractivity contribution >= 4 is 16.0 Å². The number of hydrogen-bond acceptors (Lipinski definition) is 6. The SMILES string of the molecule is COC(=O)c1ccc(S(=O)(=O)N2CCC(N3CCNCC3)C2)cc1. The number of nitrogens with zero attached hydrogens (tertiary/aromatic N) is 2. The molecule has 2 aliphatic rings. The summed E-state index contributed by atoms with van der Waals surface area (Å²) < 4.78 is 31.8. The van der Waals surface area contributed by atoms with Crippen LogP contribution < -0.4 is 5.32 Å². The van der Waals surface area contributed by atoms with E-state index in [9.17, 15) is 13.2 Å². The van der Waals surface area contributed by atoms with Gasteiger partial charge in [0, 0.05) is 45.3 Å². The number of ether oxygens (including phenoxy) is 1. The molecule has 0 aliphatic carbocycles. The van der Waals surface area contributed by atoms with E-state index in [0.717, 1.165) is 32.6 Å². The summed E-state index contributed by atoms with van der Waals surface area (Å²) in [6.45, 7) is 4.91. The summed E-state index contributed by atoms with van der Waals surface area (Å²) >= 11 is 0. The molecule has 2 heterocycles. The quantitative estimate of drug-likeness (QED) is 0.776. The maximum atomic E-state index is 12.8. The van der Waals surface area contributed by atoms with Gasteiger partial charge in [-0.1, -0.05) is 0 Å². The average Bonchev–Trinajstić information content (AvgIpc) is 3.13. The van der Waals surface area contributed by atoms with E-state index in [1.54, 1.807) is 4.31 Å². The highest BCUT2D eigenvalue weighted by Crippen LogP contribution is 2.24. The van der Waals surface area contributed by atoms with E-state index in [-0.39, 0.29) is 10.9 Å². The first-order valence-electron chi connectivity index (χ1n) is 8.15. The van der Waals surface area contributed by atoms with Gasteiger partial charge in [-0.05, 0) is 30.7 Å². The maximum absolute atomic E-state index is 12.8. The third-order valence-electron chi connectivity index (χ3n) is 4.71. The number of hydrogen-bond donors (Lipinski definition) is 1. The minimum absolute atomic E-state index is 0.219. The number of carbonyl (C=O) groups excluding carboxylic acids is 1. The lowest BCUT2D eigenvalue weighted by atomic mass is 10.2. The third-order valence-corrected chi connectivity index (χ3v) is 6.59. The molecular formula is C16H23N3O4S. The van der Waals surface area contributed by atoms with E-state index in [2.05, 4.69) is 15.0 Å². The van der Waals surface area contributed by atoms with Crippen LogP contribution in [0.25, 0.3) is 0 Å². The number of esters is 1. The first kappa shape index (κ1) is 17.3. The van der Waals surface area contributed by atoms with Gasteiger partial charge in [0.1, 0.15) is 0 Å². The van der Waals surface area contributed by atoms with Crippen molar-refractivity contribution in [2.24, 2.45) is 0 Å². The topological polar surface area (TPSA) is 79.0 Å². The predicted molar refractivity (Wildman–Crippen MR) is 89.4 cm³/mol. The van der Waals surface area contributed by atoms with Crippen molar-refractivity contribution in [1.82, 2.24) is 14.5 Å². The van der Waals surface area contributed by atoms with Crippen LogP contribution >= 0.6 is 0 Å². The number of methoxy groups -OCH3 is 1. The minimum Gasteiger partial charge on any atom is -0.465 e. The van der Waals surface area contributed by atoms with Gasteiger partial charge in [-0.25, -0.2) is 13.2 Å². The fourth-order valence-corrected chi connectivity index (χ4v) is 4.80. The molecule has 132 valence electrons. The van der Waals surface area contributed by atoms with Gasteiger partial charge in [0.15, 0.2) is 0 Å². The summed E-state index contributed by atoms with van der Waals surface area (Å²) in [5, 5.41) is 3.31. The van der Waals surface area contributed by atoms with E-state index >= 15 is 0 Å². The lowest BCUT2D eigenvalue weighted by Crippen LogP contribution is -2.49. The van der Waals surface area contributed by atoms with Crippen LogP contribution in [0.15, 0.2) is 29.2 Å². The molecule has 2 saturated heterocycles. The van der Waals surface area contributed by atoms with Gasteiger partial charge >= 0.3 is 5.97 Å². The molecule has 1 atom stereocenters. The second kappa shape index (κ2) is 7.18. The molecule has 8 heteroatoms. The van der Waals surface area contributed by atoms with Gasteiger partial charge in [0.25, 0.3) is 0 Å². The van der Waals surface area contributed by atoms with Crippen LogP contribution in [-0.2, 0) is 14.8 Å². The van der Waals surface area contributed by atoms with Gasteiger partial charge in [-0.3, -0.25) is 4.90 Å². The molecule has 0 spiro atoms. The molecule has 2 aliphatic heterocycles. The Labute approximate surface area is 142 Å². The molecule has 0 saturated carbocycles. The number of sulfonamides is 1. The summed E-state index contributed by atoms with van der Waals surface area (Å²) in [6.07, 6.45) is 0.861. The molecule has 1 N–H and O–H groups in total. The Bertz CT molecular complexity index is 684. The molecule has 1 aromatic carbocycles. The van der Waals surface area contributed by atoms with Crippen molar-refractivity contribution < 1.29 is 17.9 Å². The van der Waals surface area contributed by atoms with Crippen LogP contribution in [0.4, 0.5) is 0 Å². The van der Waals surface area contributed by atoms with Crippen LogP contribution in [0.2, 0.25) is 0 Å². The van der Waals surface area contributed by atoms with Crippen molar-refractivity contribution in [3.63, 3.8) is 0 Å². The zero-order valence-corrected chi connectivity index (χ0v) is 14.6. The third kappa shape index (κ3) is 3.46. The highest BCUT2D eigenvalue weighted by Gasteiger charge is 2.35. The Balaban J connectivity index is 1.70. The number of rotatable bonds is 4. The summed E-state index contributed by atoms with van der Waals surface area (Å²) in [7, 11) is -2.22. The van der Waals surface area contributed by atoms with Gasteiger partial charge in [0.2, 0.25) is 10.0 Å². The van der Waals surface area contributed by atoms with E-state index in [0.29, 0.717) is 18.7 Å². The first-order chi connectivity index (χ1) is 11.5. The Hall–Kier alpha value is -1.48. The molecule has 3 rings (SSSR count). The summed E-state index contributed by atoms with van der Waals surface area (Å²) in [6, 6.07) is 6.21. The van der Waals surface area contributed by atoms with Gasteiger partial charge in [-0.15, -0.1) is 0 Å². The largest absolute Gasteiger partial charge is 0.465 e. The van der Waals surface area contributed by atoms with E-state index in [4.69, 9.17) is 0 Å². The standard InChI is InChI=1S/C16H23N3O4S/c1-23-16(20)13-2-4-15(5-3-13)24(21,22)19-9-6-14(12-19)18-10-7-17-8-11-18/h2-5,14,17H,6-12H2,1H3. The molecular weight excluding hydrogens is 330 g/mol. The zero-order chi connectivity index (χ0) is 17.2. The minimum atomic E-state index is -3.52. The Kier molecular flexibility index (Phi) is 5.19. The predicted octanol–water partition coefficient (Wildman–Crippen LogP) is 0.141. The molecule has 7 nitrogen and oxygen atoms in total. The number of carbonyl (C=O) groups is 1. The van der Waals surface area contributed by atoms with Crippen LogP contribution in [0, 0.1) is 0 Å². The molecule has 1 aromatic rings. The molecule has 2 fully saturated rings. The number of nitrogens with one attached hydrogen (secondary N) is 1. The van der Waals surface area contributed by atoms with Gasteiger partial charge in [-0.2, -0.15) is 4.31 Å². The van der Waals surface area contributed by atoms with E-state index in [1.807, 2.05) is 0 Å². The van der Waals surface area contributed by atoms with Crippen molar-refractivity contribution in [2.75, 3.05) is 46.4 Å². The fourth-order valence-electron chi connectivity index (χ4n) is 3.30. The van der Waals surface area contributed by atoms with E-state index < -0.39 is 16.0 Å². The summed E-state index contributed by atoms with van der Waals surface area (Å²) in [5.74, 6) is -0.473. The molecule has 0 aromatic heterocycles. The molecule has 0 bridgehead atoms. The normalized spacial score (nSPS) is 23.3. The van der Waals surface area contributed by atoms with Crippen LogP contribution in [0.5, 0.6) is 0 Å². The van der Waals surface area contributed by atoms with Crippen LogP contribution in [0.1, 0.15) is 16.8 Å². The van der Waals surface area contributed by atoms with Crippen molar-refractivity contribution in [3.05, 3.63) is 29.8 Å². The van der Waals surface area contributed by atoms with Crippen molar-refractivity contribution in [1.29, 1.82) is 0 Å². The van der Waals surface area contributed by atoms with Gasteiger partial charge < -0.3 is 10.1 Å². The van der Waals surface area contributed by atoms with Crippen molar-refractivity contribution in [2.45, 2.75) is 17.4 Å². The molecule has 0 amide bonds. The number of benzene rings is 1. The second-order valence-electron chi connectivity index (χ2n) is 6.11. The summed E-state index contributed by atoms with van der Waals surface area (Å²) in [5.41, 5.74) is 0.344. The van der Waals surface area contributed by atoms with Crippen molar-refractivity contribution in [3.8, 4) is 0 Å². The Morgan fingerprint density at radius 2 is 1.83 bits per heavy atom. The van der Waals surface area contributed by atoms with Crippen LogP contribution in [-0.4, -0.2) is 76.0 Å². The fraction of sp³-hybridized carbons (Fsp3) is 0.562. The van der Waals surface area contributed by atoms with Crippen LogP contribution in [0.3, 0.4) is 0 Å². The highest BCUT2D eigenvalue weighted by atomic mass is 32.2. The molecule has 0 radical (unpaired) electrons. The highest BCUT2D eigenvalue weighted by molar-refractivity contribution is 7.89. The Morgan fingerprint density at radius 1 is 1.17 bits per heavy atom. The smallest absolute Gasteiger partial charge is 0.337 e. The Morgan fingerprint density at radius 3 is 2.46 bits per heavy atom. The maximum Gasteiger partial charge on any atom is 0.337 e. The lowest BCUT2D eigenvalue weighted by Gasteiger charge is -2.32. The van der Waals surface area contributed by atoms with E-state index in [1.165, 1.54) is 31.4 Å². The average molecular weight is 353 g/mol. The molecule has 24 heavy (non-hydrogen) atoms. The van der Waals surface area contributed by atoms with Gasteiger partial charge in [0.05, 0.1) is 17.6 Å². The monoisotopic (exact) mass is 353 g/mol. The lowest BCUT2D eigenvalue weighted by molar-refractivity contribution is 0.0600. The first-order valence-corrected chi connectivity index (χ1v) is 9.59. The number of piperazine rings is 1. The zero-order valence-electron chi connectivity index (χ0n) is 13.8. The summed E-state index contributed by atoms with van der Waals surface area (Å²) in [4.78, 5) is 14.0.